The van der Waals surface area contributed by atoms with Gasteiger partial charge in [0.15, 0.2) is 5.16 Å². The molecule has 0 fully saturated rings. The molecule has 3 aromatic rings. The molecule has 0 N–H and O–H groups in total. The van der Waals surface area contributed by atoms with Crippen molar-refractivity contribution < 1.29 is 9.53 Å². The molecule has 7 heteroatoms. The van der Waals surface area contributed by atoms with Gasteiger partial charge in [0, 0.05) is 11.1 Å². The average Bonchev–Trinajstić information content (AvgIpc) is 2.66. The van der Waals surface area contributed by atoms with E-state index in [-0.39, 0.29) is 24.2 Å². The normalized spacial score (nSPS) is 12.3. The highest BCUT2D eigenvalue weighted by Gasteiger charge is 2.26. The van der Waals surface area contributed by atoms with Crippen LogP contribution in [0.3, 0.4) is 0 Å². The van der Waals surface area contributed by atoms with E-state index < -0.39 is 5.25 Å². The van der Waals surface area contributed by atoms with Crippen molar-refractivity contribution in [2.24, 2.45) is 0 Å². The maximum Gasteiger partial charge on any atom is 0.324 e. The van der Waals surface area contributed by atoms with Crippen LogP contribution < -0.4 is 5.56 Å². The molecule has 3 rings (SSSR count). The minimum absolute atomic E-state index is 0.124. The number of benzene rings is 2. The van der Waals surface area contributed by atoms with Crippen LogP contribution in [0.5, 0.6) is 0 Å². The number of carbonyl (C=O) groups excluding carboxylic acids is 1. The highest BCUT2D eigenvalue weighted by Crippen LogP contribution is 2.36. The number of thioether (sulfide) groups is 1. The van der Waals surface area contributed by atoms with Crippen molar-refractivity contribution in [3.63, 3.8) is 0 Å². The number of fused-ring (bicyclic) bond motifs is 1. The zero-order chi connectivity index (χ0) is 20.3. The summed E-state index contributed by atoms with van der Waals surface area (Å²) in [5.41, 5.74) is 1.14. The van der Waals surface area contributed by atoms with Crippen LogP contribution in [-0.2, 0) is 9.53 Å². The summed E-state index contributed by atoms with van der Waals surface area (Å²) in [7, 11) is 0. The number of esters is 1. The predicted octanol–water partition coefficient (Wildman–Crippen LogP) is 5.03. The lowest BCUT2D eigenvalue weighted by Crippen LogP contribution is -2.26. The maximum atomic E-state index is 13.1. The number of hydrogen-bond donors (Lipinski definition) is 0. The minimum atomic E-state index is -0.630. The zero-order valence-corrected chi connectivity index (χ0v) is 17.5. The van der Waals surface area contributed by atoms with Gasteiger partial charge in [-0.3, -0.25) is 14.2 Å². The lowest BCUT2D eigenvalue weighted by atomic mass is 10.1. The van der Waals surface area contributed by atoms with Crippen molar-refractivity contribution >= 4 is 40.2 Å². The summed E-state index contributed by atoms with van der Waals surface area (Å²) in [6, 6.07) is 14.2. The largest absolute Gasteiger partial charge is 0.465 e. The summed E-state index contributed by atoms with van der Waals surface area (Å²) in [6.45, 7) is 5.87. The van der Waals surface area contributed by atoms with Gasteiger partial charge in [-0.05, 0) is 44.5 Å². The molecule has 0 saturated heterocycles. The van der Waals surface area contributed by atoms with Gasteiger partial charge in [0.2, 0.25) is 0 Å². The Morgan fingerprint density at radius 1 is 1.21 bits per heavy atom. The van der Waals surface area contributed by atoms with Crippen LogP contribution in [0.15, 0.2) is 58.5 Å². The molecular formula is C21H21ClN2O3S. The van der Waals surface area contributed by atoms with Crippen molar-refractivity contribution in [2.45, 2.75) is 37.2 Å². The van der Waals surface area contributed by atoms with Gasteiger partial charge in [-0.2, -0.15) is 0 Å². The van der Waals surface area contributed by atoms with E-state index in [2.05, 4.69) is 4.98 Å². The Bertz CT molecular complexity index is 1050. The molecule has 1 aromatic heterocycles. The highest BCUT2D eigenvalue weighted by molar-refractivity contribution is 8.00. The topological polar surface area (TPSA) is 61.2 Å². The number of rotatable bonds is 6. The fourth-order valence-corrected chi connectivity index (χ4v) is 4.29. The molecule has 0 bridgehead atoms. The fraction of sp³-hybridized carbons (Fsp3) is 0.286. The molecule has 0 saturated carbocycles. The second kappa shape index (κ2) is 8.80. The molecule has 5 nitrogen and oxygen atoms in total. The fourth-order valence-electron chi connectivity index (χ4n) is 2.89. The third kappa shape index (κ3) is 4.23. The average molecular weight is 417 g/mol. The smallest absolute Gasteiger partial charge is 0.324 e. The number of hydrogen-bond acceptors (Lipinski definition) is 5. The molecule has 0 unspecified atom stereocenters. The molecule has 146 valence electrons. The van der Waals surface area contributed by atoms with Gasteiger partial charge in [-0.1, -0.05) is 53.7 Å². The van der Waals surface area contributed by atoms with Gasteiger partial charge < -0.3 is 4.74 Å². The molecule has 0 aliphatic rings. The molecule has 0 radical (unpaired) electrons. The summed E-state index contributed by atoms with van der Waals surface area (Å²) in [5, 5.41) is 0.823. The van der Waals surface area contributed by atoms with E-state index >= 15 is 0 Å². The van der Waals surface area contributed by atoms with Crippen LogP contribution in [0.4, 0.5) is 0 Å². The lowest BCUT2D eigenvalue weighted by Gasteiger charge is -2.20. The SMILES string of the molecule is CCOC(=O)[C@@H](Sc1nc2cc(Cl)ccc2c(=O)n1C(C)C)c1ccccc1. The first-order valence-corrected chi connectivity index (χ1v) is 10.3. The number of ether oxygens (including phenoxy) is 1. The summed E-state index contributed by atoms with van der Waals surface area (Å²) >= 11 is 7.30. The van der Waals surface area contributed by atoms with Gasteiger partial charge in [0.25, 0.3) is 5.56 Å². The van der Waals surface area contributed by atoms with Gasteiger partial charge in [-0.25, -0.2) is 4.98 Å². The van der Waals surface area contributed by atoms with Gasteiger partial charge >= 0.3 is 5.97 Å². The molecule has 1 atom stereocenters. The summed E-state index contributed by atoms with van der Waals surface area (Å²) < 4.78 is 6.88. The van der Waals surface area contributed by atoms with Crippen molar-refractivity contribution in [3.8, 4) is 0 Å². The molecule has 0 spiro atoms. The summed E-state index contributed by atoms with van der Waals surface area (Å²) in [5.74, 6) is -0.366. The molecule has 2 aromatic carbocycles. The zero-order valence-electron chi connectivity index (χ0n) is 15.9. The van der Waals surface area contributed by atoms with E-state index in [0.717, 1.165) is 5.56 Å². The maximum absolute atomic E-state index is 13.1. The third-order valence-corrected chi connectivity index (χ3v) is 5.61. The monoisotopic (exact) mass is 416 g/mol. The summed E-state index contributed by atoms with van der Waals surface area (Å²) in [6.07, 6.45) is 0. The second-order valence-corrected chi connectivity index (χ2v) is 7.99. The van der Waals surface area contributed by atoms with Crippen LogP contribution in [0.25, 0.3) is 10.9 Å². The van der Waals surface area contributed by atoms with Gasteiger partial charge in [-0.15, -0.1) is 0 Å². The van der Waals surface area contributed by atoms with E-state index in [1.54, 1.807) is 29.7 Å². The molecular weight excluding hydrogens is 396 g/mol. The molecule has 1 heterocycles. The van der Waals surface area contributed by atoms with E-state index in [0.29, 0.717) is 21.1 Å². The van der Waals surface area contributed by atoms with Gasteiger partial charge in [0.1, 0.15) is 5.25 Å². The summed E-state index contributed by atoms with van der Waals surface area (Å²) in [4.78, 5) is 30.4. The number of nitrogens with zero attached hydrogens (tertiary/aromatic N) is 2. The number of aromatic nitrogens is 2. The van der Waals surface area contributed by atoms with Crippen LogP contribution in [-0.4, -0.2) is 22.1 Å². The van der Waals surface area contributed by atoms with Crippen molar-refractivity contribution in [2.75, 3.05) is 6.61 Å². The third-order valence-electron chi connectivity index (χ3n) is 4.17. The van der Waals surface area contributed by atoms with Crippen LogP contribution in [0, 0.1) is 0 Å². The quantitative estimate of drug-likeness (QED) is 0.320. The van der Waals surface area contributed by atoms with Crippen molar-refractivity contribution in [1.29, 1.82) is 0 Å². The van der Waals surface area contributed by atoms with E-state index in [1.807, 2.05) is 44.2 Å². The van der Waals surface area contributed by atoms with E-state index in [9.17, 15) is 9.59 Å². The lowest BCUT2D eigenvalue weighted by molar-refractivity contribution is -0.142. The molecule has 28 heavy (non-hydrogen) atoms. The van der Waals surface area contributed by atoms with Crippen LogP contribution >= 0.6 is 23.4 Å². The Hall–Kier alpha value is -2.31. The molecule has 0 amide bonds. The van der Waals surface area contributed by atoms with Crippen LogP contribution in [0.1, 0.15) is 37.6 Å². The predicted molar refractivity (Wildman–Crippen MR) is 113 cm³/mol. The van der Waals surface area contributed by atoms with Crippen molar-refractivity contribution in [1.82, 2.24) is 9.55 Å². The minimum Gasteiger partial charge on any atom is -0.465 e. The Morgan fingerprint density at radius 3 is 2.57 bits per heavy atom. The Labute approximate surface area is 172 Å². The van der Waals surface area contributed by atoms with E-state index in [4.69, 9.17) is 16.3 Å². The Balaban J connectivity index is 2.15. The van der Waals surface area contributed by atoms with Crippen LogP contribution in [0.2, 0.25) is 5.02 Å². The standard InChI is InChI=1S/C21H21ClN2O3S/c1-4-27-20(26)18(14-8-6-5-7-9-14)28-21-23-17-12-15(22)10-11-16(17)19(25)24(21)13(2)3/h5-13,18H,4H2,1-3H3/t18-/m0/s1. The van der Waals surface area contributed by atoms with E-state index in [1.165, 1.54) is 11.8 Å². The number of halogens is 1. The van der Waals surface area contributed by atoms with Gasteiger partial charge in [0.05, 0.1) is 17.5 Å². The Kier molecular flexibility index (Phi) is 6.42. The molecule has 0 aliphatic carbocycles. The van der Waals surface area contributed by atoms with Crippen molar-refractivity contribution in [3.05, 3.63) is 69.5 Å². The molecule has 0 aliphatic heterocycles. The second-order valence-electron chi connectivity index (χ2n) is 6.49. The Morgan fingerprint density at radius 2 is 1.93 bits per heavy atom. The first kappa shape index (κ1) is 20.4. The first-order valence-electron chi connectivity index (χ1n) is 9.02. The first-order chi connectivity index (χ1) is 13.4. The highest BCUT2D eigenvalue weighted by atomic mass is 35.5. The number of carbonyl (C=O) groups is 1.